The fourth-order valence-electron chi connectivity index (χ4n) is 1.90. The number of aromatic nitrogens is 2. The Morgan fingerprint density at radius 1 is 1.40 bits per heavy atom. The van der Waals surface area contributed by atoms with E-state index in [1.165, 1.54) is 5.56 Å². The Bertz CT molecular complexity index is 514. The molecular weight excluding hydrogens is 318 g/mol. The molecule has 5 heteroatoms. The number of halogens is 1. The highest BCUT2D eigenvalue weighted by Gasteiger charge is 2.04. The molecule has 0 atom stereocenters. The molecule has 1 aromatic carbocycles. The number of nitrogens with zero attached hydrogens (tertiary/aromatic N) is 1. The van der Waals surface area contributed by atoms with Crippen molar-refractivity contribution < 1.29 is 4.74 Å². The third-order valence-corrected chi connectivity index (χ3v) is 3.39. The minimum absolute atomic E-state index is 0.751. The number of H-pyrrole nitrogens is 1. The summed E-state index contributed by atoms with van der Waals surface area (Å²) in [4.78, 5) is 7.31. The first-order valence-electron chi connectivity index (χ1n) is 6.89. The van der Waals surface area contributed by atoms with E-state index in [1.54, 1.807) is 6.20 Å². The van der Waals surface area contributed by atoms with E-state index in [0.29, 0.717) is 0 Å². The lowest BCUT2D eigenvalue weighted by Gasteiger charge is -2.12. The van der Waals surface area contributed by atoms with Gasteiger partial charge in [-0.2, -0.15) is 0 Å². The lowest BCUT2D eigenvalue weighted by Crippen LogP contribution is -2.18. The molecule has 0 aliphatic rings. The molecule has 0 aliphatic carbocycles. The molecule has 108 valence electrons. The summed E-state index contributed by atoms with van der Waals surface area (Å²) in [5.74, 6) is 1.97. The van der Waals surface area contributed by atoms with Crippen LogP contribution in [0.5, 0.6) is 5.75 Å². The second kappa shape index (κ2) is 8.07. The second-order valence-corrected chi connectivity index (χ2v) is 5.48. The smallest absolute Gasteiger partial charge is 0.123 e. The molecule has 20 heavy (non-hydrogen) atoms. The Kier molecular flexibility index (Phi) is 6.08. The van der Waals surface area contributed by atoms with Crippen molar-refractivity contribution in [2.75, 3.05) is 13.2 Å². The molecule has 0 aliphatic heterocycles. The van der Waals surface area contributed by atoms with Gasteiger partial charge in [0.15, 0.2) is 0 Å². The van der Waals surface area contributed by atoms with Crippen LogP contribution < -0.4 is 10.1 Å². The molecule has 0 spiro atoms. The topological polar surface area (TPSA) is 49.9 Å². The average Bonchev–Trinajstić information content (AvgIpc) is 2.96. The van der Waals surface area contributed by atoms with E-state index < -0.39 is 0 Å². The van der Waals surface area contributed by atoms with Gasteiger partial charge in [0.25, 0.3) is 0 Å². The van der Waals surface area contributed by atoms with Gasteiger partial charge >= 0.3 is 0 Å². The summed E-state index contributed by atoms with van der Waals surface area (Å²) < 4.78 is 6.84. The van der Waals surface area contributed by atoms with Crippen LogP contribution in [-0.2, 0) is 13.0 Å². The van der Waals surface area contributed by atoms with E-state index in [1.807, 2.05) is 18.3 Å². The second-order valence-electron chi connectivity index (χ2n) is 4.56. The molecule has 0 radical (unpaired) electrons. The van der Waals surface area contributed by atoms with E-state index in [-0.39, 0.29) is 0 Å². The minimum atomic E-state index is 0.751. The first kappa shape index (κ1) is 15.1. The highest BCUT2D eigenvalue weighted by molar-refractivity contribution is 9.10. The van der Waals surface area contributed by atoms with E-state index in [9.17, 15) is 0 Å². The molecule has 0 amide bonds. The maximum atomic E-state index is 5.76. The average molecular weight is 338 g/mol. The first-order valence-corrected chi connectivity index (χ1v) is 7.69. The molecule has 0 fully saturated rings. The van der Waals surface area contributed by atoms with Gasteiger partial charge in [-0.15, -0.1) is 0 Å². The Morgan fingerprint density at radius 3 is 3.05 bits per heavy atom. The first-order chi connectivity index (χ1) is 9.79. The molecule has 0 bridgehead atoms. The van der Waals surface area contributed by atoms with Crippen LogP contribution in [0.4, 0.5) is 0 Å². The molecular formula is C15H20BrN3O. The minimum Gasteiger partial charge on any atom is -0.493 e. The summed E-state index contributed by atoms with van der Waals surface area (Å²) in [6.07, 6.45) is 5.54. The van der Waals surface area contributed by atoms with Gasteiger partial charge in [-0.25, -0.2) is 4.98 Å². The third-order valence-electron chi connectivity index (χ3n) is 2.89. The number of hydrogen-bond donors (Lipinski definition) is 2. The lowest BCUT2D eigenvalue weighted by atomic mass is 10.2. The molecule has 0 unspecified atom stereocenters. The number of imidazole rings is 1. The van der Waals surface area contributed by atoms with Crippen LogP contribution >= 0.6 is 15.9 Å². The van der Waals surface area contributed by atoms with Crippen LogP contribution in [0.2, 0.25) is 0 Å². The molecule has 4 nitrogen and oxygen atoms in total. The molecule has 1 aromatic heterocycles. The fourth-order valence-corrected chi connectivity index (χ4v) is 2.31. The molecule has 2 aromatic rings. The maximum Gasteiger partial charge on any atom is 0.123 e. The predicted molar refractivity (Wildman–Crippen MR) is 83.9 cm³/mol. The highest BCUT2D eigenvalue weighted by Crippen LogP contribution is 2.23. The van der Waals surface area contributed by atoms with Crippen molar-refractivity contribution in [1.29, 1.82) is 0 Å². The van der Waals surface area contributed by atoms with Crippen LogP contribution in [0.1, 0.15) is 24.7 Å². The van der Waals surface area contributed by atoms with Crippen molar-refractivity contribution in [2.45, 2.75) is 26.3 Å². The lowest BCUT2D eigenvalue weighted by molar-refractivity contribution is 0.313. The van der Waals surface area contributed by atoms with Gasteiger partial charge in [-0.3, -0.25) is 0 Å². The highest BCUT2D eigenvalue weighted by atomic mass is 79.9. The zero-order valence-electron chi connectivity index (χ0n) is 11.7. The molecule has 0 saturated heterocycles. The molecule has 0 saturated carbocycles. The van der Waals surface area contributed by atoms with Crippen LogP contribution in [-0.4, -0.2) is 23.1 Å². The number of benzene rings is 1. The van der Waals surface area contributed by atoms with Gasteiger partial charge in [0.2, 0.25) is 0 Å². The SMILES string of the molecule is CCCOc1ccc(Br)cc1CNCCc1ncc[nH]1. The monoisotopic (exact) mass is 337 g/mol. The summed E-state index contributed by atoms with van der Waals surface area (Å²) in [7, 11) is 0. The van der Waals surface area contributed by atoms with Crippen LogP contribution in [0, 0.1) is 0 Å². The normalized spacial score (nSPS) is 10.7. The van der Waals surface area contributed by atoms with Crippen molar-refractivity contribution in [2.24, 2.45) is 0 Å². The Labute approximate surface area is 128 Å². The zero-order valence-corrected chi connectivity index (χ0v) is 13.2. The van der Waals surface area contributed by atoms with Gasteiger partial charge in [-0.1, -0.05) is 22.9 Å². The van der Waals surface area contributed by atoms with Gasteiger partial charge in [-0.05, 0) is 24.6 Å². The van der Waals surface area contributed by atoms with Gasteiger partial charge in [0, 0.05) is 41.9 Å². The number of aromatic amines is 1. The maximum absolute atomic E-state index is 5.76. The summed E-state index contributed by atoms with van der Waals surface area (Å²) in [5.41, 5.74) is 1.17. The van der Waals surface area contributed by atoms with E-state index in [2.05, 4.69) is 44.2 Å². The van der Waals surface area contributed by atoms with Crippen molar-refractivity contribution in [3.63, 3.8) is 0 Å². The predicted octanol–water partition coefficient (Wildman–Crippen LogP) is 3.29. The van der Waals surface area contributed by atoms with Crippen molar-refractivity contribution >= 4 is 15.9 Å². The number of rotatable bonds is 8. The van der Waals surface area contributed by atoms with E-state index in [0.717, 1.165) is 48.6 Å². The van der Waals surface area contributed by atoms with Crippen molar-refractivity contribution in [3.8, 4) is 5.75 Å². The van der Waals surface area contributed by atoms with Crippen LogP contribution in [0.3, 0.4) is 0 Å². The summed E-state index contributed by atoms with van der Waals surface area (Å²) in [6.45, 7) is 4.54. The summed E-state index contributed by atoms with van der Waals surface area (Å²) in [6, 6.07) is 6.13. The number of hydrogen-bond acceptors (Lipinski definition) is 3. The largest absolute Gasteiger partial charge is 0.493 e. The summed E-state index contributed by atoms with van der Waals surface area (Å²) in [5, 5.41) is 3.42. The standard InChI is InChI=1S/C15H20BrN3O/c1-2-9-20-14-4-3-13(16)10-12(14)11-17-6-5-15-18-7-8-19-15/h3-4,7-8,10,17H,2,5-6,9,11H2,1H3,(H,18,19). The summed E-state index contributed by atoms with van der Waals surface area (Å²) >= 11 is 3.51. The molecule has 1 heterocycles. The Morgan fingerprint density at radius 2 is 2.30 bits per heavy atom. The third kappa shape index (κ3) is 4.65. The van der Waals surface area contributed by atoms with Crippen LogP contribution in [0.25, 0.3) is 0 Å². The Balaban J connectivity index is 1.85. The van der Waals surface area contributed by atoms with Crippen molar-refractivity contribution in [1.82, 2.24) is 15.3 Å². The van der Waals surface area contributed by atoms with Crippen LogP contribution in [0.15, 0.2) is 35.1 Å². The number of ether oxygens (including phenoxy) is 1. The Hall–Kier alpha value is -1.33. The van der Waals surface area contributed by atoms with E-state index >= 15 is 0 Å². The fraction of sp³-hybridized carbons (Fsp3) is 0.400. The molecule has 2 N–H and O–H groups in total. The molecule has 2 rings (SSSR count). The van der Waals surface area contributed by atoms with E-state index in [4.69, 9.17) is 4.74 Å². The van der Waals surface area contributed by atoms with Crippen molar-refractivity contribution in [3.05, 3.63) is 46.5 Å². The van der Waals surface area contributed by atoms with Gasteiger partial charge in [0.05, 0.1) is 6.61 Å². The zero-order chi connectivity index (χ0) is 14.2. The van der Waals surface area contributed by atoms with Gasteiger partial charge < -0.3 is 15.0 Å². The number of nitrogens with one attached hydrogen (secondary N) is 2. The van der Waals surface area contributed by atoms with Gasteiger partial charge in [0.1, 0.15) is 11.6 Å². The quantitative estimate of drug-likeness (QED) is 0.726.